The highest BCUT2D eigenvalue weighted by atomic mass is 35.5. The highest BCUT2D eigenvalue weighted by Gasteiger charge is 2.28. The van der Waals surface area contributed by atoms with Crippen LogP contribution in [0.2, 0.25) is 15.1 Å². The Labute approximate surface area is 174 Å². The van der Waals surface area contributed by atoms with Gasteiger partial charge in [-0.3, -0.25) is 9.59 Å². The van der Waals surface area contributed by atoms with Crippen LogP contribution in [0.4, 0.5) is 0 Å². The van der Waals surface area contributed by atoms with E-state index in [2.05, 4.69) is 5.32 Å². The molecule has 0 fully saturated rings. The van der Waals surface area contributed by atoms with Crippen molar-refractivity contribution < 1.29 is 9.59 Å². The van der Waals surface area contributed by atoms with Crippen LogP contribution in [0.25, 0.3) is 0 Å². The second-order valence-electron chi connectivity index (χ2n) is 6.58. The lowest BCUT2D eigenvalue weighted by molar-refractivity contribution is -0.133. The van der Waals surface area contributed by atoms with E-state index < -0.39 is 6.04 Å². The van der Waals surface area contributed by atoms with Gasteiger partial charge >= 0.3 is 0 Å². The molecular weight excluding hydrogens is 407 g/mol. The Bertz CT molecular complexity index is 840. The third kappa shape index (κ3) is 5.38. The summed E-state index contributed by atoms with van der Waals surface area (Å²) in [6, 6.07) is 11.3. The van der Waals surface area contributed by atoms with E-state index in [4.69, 9.17) is 34.8 Å². The molecule has 2 amide bonds. The van der Waals surface area contributed by atoms with Gasteiger partial charge in [-0.05, 0) is 29.7 Å². The molecule has 0 bridgehead atoms. The van der Waals surface area contributed by atoms with Crippen molar-refractivity contribution in [3.63, 3.8) is 0 Å². The summed E-state index contributed by atoms with van der Waals surface area (Å²) in [5.41, 5.74) is 1.07. The van der Waals surface area contributed by atoms with Crippen molar-refractivity contribution in [1.29, 1.82) is 0 Å². The summed E-state index contributed by atoms with van der Waals surface area (Å²) in [5.74, 6) is -0.718. The number of hydrogen-bond acceptors (Lipinski definition) is 2. The van der Waals surface area contributed by atoms with Gasteiger partial charge in [0, 0.05) is 13.6 Å². The number of nitrogens with zero attached hydrogens (tertiary/aromatic N) is 1. The Hall–Kier alpha value is -1.75. The molecular formula is C20H21Cl3N2O2. The van der Waals surface area contributed by atoms with Gasteiger partial charge in [-0.25, -0.2) is 0 Å². The molecule has 0 heterocycles. The molecule has 0 aromatic heterocycles. The smallest absolute Gasteiger partial charge is 0.253 e. The van der Waals surface area contributed by atoms with E-state index in [0.717, 1.165) is 5.56 Å². The van der Waals surface area contributed by atoms with E-state index in [1.165, 1.54) is 4.90 Å². The molecule has 0 radical (unpaired) electrons. The maximum Gasteiger partial charge on any atom is 0.253 e. The van der Waals surface area contributed by atoms with Crippen molar-refractivity contribution in [2.24, 2.45) is 5.92 Å². The van der Waals surface area contributed by atoms with Crippen LogP contribution in [0.3, 0.4) is 0 Å². The molecule has 2 rings (SSSR count). The molecule has 0 spiro atoms. The zero-order valence-electron chi connectivity index (χ0n) is 15.3. The first-order valence-corrected chi connectivity index (χ1v) is 9.59. The van der Waals surface area contributed by atoms with Gasteiger partial charge in [-0.1, -0.05) is 72.9 Å². The Morgan fingerprint density at radius 3 is 2.26 bits per heavy atom. The summed E-state index contributed by atoms with van der Waals surface area (Å²) in [5, 5.41) is 3.98. The minimum Gasteiger partial charge on any atom is -0.340 e. The van der Waals surface area contributed by atoms with Crippen molar-refractivity contribution in [1.82, 2.24) is 10.2 Å². The van der Waals surface area contributed by atoms with Crippen molar-refractivity contribution in [2.75, 3.05) is 7.05 Å². The Morgan fingerprint density at radius 2 is 1.63 bits per heavy atom. The van der Waals surface area contributed by atoms with Gasteiger partial charge in [0.15, 0.2) is 0 Å². The van der Waals surface area contributed by atoms with Gasteiger partial charge in [0.2, 0.25) is 5.91 Å². The zero-order valence-corrected chi connectivity index (χ0v) is 17.6. The van der Waals surface area contributed by atoms with Gasteiger partial charge in [-0.2, -0.15) is 0 Å². The van der Waals surface area contributed by atoms with Crippen molar-refractivity contribution in [3.05, 3.63) is 68.7 Å². The topological polar surface area (TPSA) is 49.4 Å². The van der Waals surface area contributed by atoms with E-state index in [1.807, 2.05) is 19.9 Å². The largest absolute Gasteiger partial charge is 0.340 e. The van der Waals surface area contributed by atoms with E-state index in [1.54, 1.807) is 43.4 Å². The molecule has 4 nitrogen and oxygen atoms in total. The minimum atomic E-state index is -0.697. The average Bonchev–Trinajstić information content (AvgIpc) is 2.62. The van der Waals surface area contributed by atoms with Gasteiger partial charge in [-0.15, -0.1) is 0 Å². The van der Waals surface area contributed by atoms with Crippen molar-refractivity contribution in [3.8, 4) is 0 Å². The molecule has 1 atom stereocenters. The van der Waals surface area contributed by atoms with Crippen LogP contribution in [-0.4, -0.2) is 29.8 Å². The number of carbonyl (C=O) groups excluding carboxylic acids is 2. The van der Waals surface area contributed by atoms with Crippen LogP contribution in [0.5, 0.6) is 0 Å². The summed E-state index contributed by atoms with van der Waals surface area (Å²) < 4.78 is 0. The summed E-state index contributed by atoms with van der Waals surface area (Å²) in [4.78, 5) is 27.0. The molecule has 7 heteroatoms. The molecule has 0 aliphatic heterocycles. The van der Waals surface area contributed by atoms with Crippen LogP contribution in [0.1, 0.15) is 29.8 Å². The predicted octanol–water partition coefficient (Wildman–Crippen LogP) is 5.06. The molecule has 0 saturated heterocycles. The fourth-order valence-corrected chi connectivity index (χ4v) is 3.22. The first kappa shape index (κ1) is 21.5. The van der Waals surface area contributed by atoms with Crippen LogP contribution < -0.4 is 5.32 Å². The number of halogens is 3. The van der Waals surface area contributed by atoms with Crippen LogP contribution in [-0.2, 0) is 11.3 Å². The van der Waals surface area contributed by atoms with E-state index in [-0.39, 0.29) is 24.3 Å². The standard InChI is InChI=1S/C20H21Cl3N2O2/c1-12(2)18(24-19(26)14-8-4-5-9-15(14)21)20(27)25(3)11-13-7-6-10-16(22)17(13)23/h4-10,12,18H,11H2,1-3H3,(H,24,26). The van der Waals surface area contributed by atoms with E-state index in [9.17, 15) is 9.59 Å². The SMILES string of the molecule is CC(C)C(NC(=O)c1ccccc1Cl)C(=O)N(C)Cc1cccc(Cl)c1Cl. The zero-order chi connectivity index (χ0) is 20.1. The second-order valence-corrected chi connectivity index (χ2v) is 7.77. The quantitative estimate of drug-likeness (QED) is 0.700. The highest BCUT2D eigenvalue weighted by Crippen LogP contribution is 2.26. The maximum atomic E-state index is 12.9. The molecule has 1 unspecified atom stereocenters. The molecule has 2 aromatic rings. The second kappa shape index (κ2) is 9.45. The van der Waals surface area contributed by atoms with Crippen LogP contribution >= 0.6 is 34.8 Å². The van der Waals surface area contributed by atoms with Crippen LogP contribution in [0.15, 0.2) is 42.5 Å². The summed E-state index contributed by atoms with van der Waals surface area (Å²) in [6.45, 7) is 4.02. The fraction of sp³-hybridized carbons (Fsp3) is 0.300. The fourth-order valence-electron chi connectivity index (χ4n) is 2.62. The monoisotopic (exact) mass is 426 g/mol. The van der Waals surface area contributed by atoms with Gasteiger partial charge in [0.1, 0.15) is 6.04 Å². The lowest BCUT2D eigenvalue weighted by Crippen LogP contribution is -2.50. The van der Waals surface area contributed by atoms with E-state index >= 15 is 0 Å². The Balaban J connectivity index is 2.15. The number of carbonyl (C=O) groups is 2. The molecule has 1 N–H and O–H groups in total. The Morgan fingerprint density at radius 1 is 1.00 bits per heavy atom. The van der Waals surface area contributed by atoms with Crippen molar-refractivity contribution in [2.45, 2.75) is 26.4 Å². The van der Waals surface area contributed by atoms with Gasteiger partial charge in [0.25, 0.3) is 5.91 Å². The first-order valence-electron chi connectivity index (χ1n) is 8.45. The lowest BCUT2D eigenvalue weighted by Gasteiger charge is -2.27. The third-order valence-corrected chi connectivity index (χ3v) is 5.34. The van der Waals surface area contributed by atoms with Crippen molar-refractivity contribution >= 4 is 46.6 Å². The molecule has 2 aromatic carbocycles. The highest BCUT2D eigenvalue weighted by molar-refractivity contribution is 6.42. The third-order valence-electron chi connectivity index (χ3n) is 4.15. The van der Waals surface area contributed by atoms with Gasteiger partial charge < -0.3 is 10.2 Å². The molecule has 27 heavy (non-hydrogen) atoms. The van der Waals surface area contributed by atoms with E-state index in [0.29, 0.717) is 20.6 Å². The summed E-state index contributed by atoms with van der Waals surface area (Å²) >= 11 is 18.3. The number of amides is 2. The molecule has 0 aliphatic carbocycles. The number of nitrogens with one attached hydrogen (secondary N) is 1. The number of hydrogen-bond donors (Lipinski definition) is 1. The normalized spacial score (nSPS) is 12.0. The Kier molecular flexibility index (Phi) is 7.54. The van der Waals surface area contributed by atoms with Crippen LogP contribution in [0, 0.1) is 5.92 Å². The number of rotatable bonds is 6. The average molecular weight is 428 g/mol. The lowest BCUT2D eigenvalue weighted by atomic mass is 10.0. The minimum absolute atomic E-state index is 0.110. The molecule has 0 saturated carbocycles. The number of likely N-dealkylation sites (N-methyl/N-ethyl adjacent to an activating group) is 1. The summed E-state index contributed by atoms with van der Waals surface area (Å²) in [7, 11) is 1.66. The number of benzene rings is 2. The molecule has 0 aliphatic rings. The molecule has 144 valence electrons. The predicted molar refractivity (Wildman–Crippen MR) is 110 cm³/mol. The first-order chi connectivity index (χ1) is 12.7. The maximum absolute atomic E-state index is 12.9. The summed E-state index contributed by atoms with van der Waals surface area (Å²) in [6.07, 6.45) is 0. The van der Waals surface area contributed by atoms with Gasteiger partial charge in [0.05, 0.1) is 20.6 Å².